The predicted octanol–water partition coefficient (Wildman–Crippen LogP) is 2.92. The Morgan fingerprint density at radius 3 is 2.76 bits per heavy atom. The Hall–Kier alpha value is -1.26. The van der Waals surface area contributed by atoms with E-state index in [9.17, 15) is 9.90 Å². The van der Waals surface area contributed by atoms with Crippen molar-refractivity contribution in [3.8, 4) is 5.75 Å². The van der Waals surface area contributed by atoms with Crippen LogP contribution in [0.25, 0.3) is 0 Å². The zero-order valence-corrected chi connectivity index (χ0v) is 13.0. The van der Waals surface area contributed by atoms with Crippen molar-refractivity contribution in [3.05, 3.63) is 29.3 Å². The predicted molar refractivity (Wildman–Crippen MR) is 82.6 cm³/mol. The number of nitrogens with one attached hydrogen (secondary N) is 1. The van der Waals surface area contributed by atoms with E-state index in [-0.39, 0.29) is 12.5 Å². The van der Waals surface area contributed by atoms with Gasteiger partial charge in [-0.15, -0.1) is 0 Å². The Bertz CT molecular complexity index is 486. The van der Waals surface area contributed by atoms with E-state index < -0.39 is 11.6 Å². The van der Waals surface area contributed by atoms with E-state index in [1.165, 1.54) is 0 Å². The molecule has 1 aromatic rings. The molecule has 2 rings (SSSR count). The molecule has 1 aliphatic carbocycles. The van der Waals surface area contributed by atoms with Crippen LogP contribution < -0.4 is 10.1 Å². The molecule has 21 heavy (non-hydrogen) atoms. The third kappa shape index (κ3) is 4.35. The van der Waals surface area contributed by atoms with Crippen LogP contribution in [0, 0.1) is 0 Å². The highest BCUT2D eigenvalue weighted by Gasteiger charge is 2.34. The average molecular weight is 312 g/mol. The maximum Gasteiger partial charge on any atom is 0.261 e. The fourth-order valence-corrected chi connectivity index (χ4v) is 2.89. The van der Waals surface area contributed by atoms with Crippen molar-refractivity contribution in [2.45, 2.75) is 50.7 Å². The van der Waals surface area contributed by atoms with Crippen molar-refractivity contribution in [3.63, 3.8) is 0 Å². The quantitative estimate of drug-likeness (QED) is 0.879. The van der Waals surface area contributed by atoms with Crippen LogP contribution in [0.15, 0.2) is 24.3 Å². The van der Waals surface area contributed by atoms with E-state index >= 15 is 0 Å². The van der Waals surface area contributed by atoms with Gasteiger partial charge in [0, 0.05) is 5.02 Å². The molecule has 0 heterocycles. The highest BCUT2D eigenvalue weighted by molar-refractivity contribution is 6.30. The van der Waals surface area contributed by atoms with Crippen LogP contribution in [-0.2, 0) is 4.79 Å². The maximum absolute atomic E-state index is 12.3. The van der Waals surface area contributed by atoms with Crippen molar-refractivity contribution in [1.82, 2.24) is 5.32 Å². The number of aliphatic hydroxyl groups is 1. The number of hydrogen-bond donors (Lipinski definition) is 2. The lowest BCUT2D eigenvalue weighted by atomic mass is 9.82. The normalized spacial score (nSPS) is 18.8. The van der Waals surface area contributed by atoms with Crippen molar-refractivity contribution >= 4 is 17.5 Å². The number of amides is 1. The molecule has 2 N–H and O–H groups in total. The van der Waals surface area contributed by atoms with Crippen molar-refractivity contribution in [2.24, 2.45) is 0 Å². The summed E-state index contributed by atoms with van der Waals surface area (Å²) < 4.78 is 5.61. The van der Waals surface area contributed by atoms with Gasteiger partial charge in [-0.25, -0.2) is 0 Å². The molecular formula is C16H22ClNO3. The maximum atomic E-state index is 12.3. The molecule has 1 fully saturated rings. The molecule has 1 aliphatic rings. The zero-order chi connectivity index (χ0) is 15.3. The molecule has 0 radical (unpaired) electrons. The van der Waals surface area contributed by atoms with Gasteiger partial charge in [0.05, 0.1) is 12.1 Å². The Kier molecular flexibility index (Phi) is 5.48. The summed E-state index contributed by atoms with van der Waals surface area (Å²) in [5.41, 5.74) is -0.485. The average Bonchev–Trinajstić information content (AvgIpc) is 2.48. The van der Waals surface area contributed by atoms with E-state index in [0.29, 0.717) is 10.8 Å². The largest absolute Gasteiger partial charge is 0.481 e. The molecule has 4 nitrogen and oxygen atoms in total. The Morgan fingerprint density at radius 2 is 2.14 bits per heavy atom. The number of hydrogen-bond acceptors (Lipinski definition) is 3. The van der Waals surface area contributed by atoms with E-state index in [4.69, 9.17) is 16.3 Å². The minimum atomic E-state index is -0.631. The Balaban J connectivity index is 1.95. The highest BCUT2D eigenvalue weighted by atomic mass is 35.5. The topological polar surface area (TPSA) is 58.6 Å². The van der Waals surface area contributed by atoms with Crippen LogP contribution in [0.3, 0.4) is 0 Å². The van der Waals surface area contributed by atoms with E-state index in [1.54, 1.807) is 31.2 Å². The van der Waals surface area contributed by atoms with Gasteiger partial charge in [0.2, 0.25) is 0 Å². The molecule has 0 saturated heterocycles. The number of carbonyl (C=O) groups is 1. The minimum Gasteiger partial charge on any atom is -0.481 e. The molecule has 0 bridgehead atoms. The lowest BCUT2D eigenvalue weighted by molar-refractivity contribution is -0.130. The van der Waals surface area contributed by atoms with Crippen LogP contribution >= 0.6 is 11.6 Å². The summed E-state index contributed by atoms with van der Waals surface area (Å²) in [7, 11) is 0. The molecule has 1 amide bonds. The molecule has 1 aromatic carbocycles. The van der Waals surface area contributed by atoms with E-state index in [1.807, 2.05) is 0 Å². The minimum absolute atomic E-state index is 0.0252. The molecule has 0 aromatic heterocycles. The number of ether oxygens (including phenoxy) is 1. The third-order valence-corrected chi connectivity index (χ3v) is 4.21. The van der Waals surface area contributed by atoms with Crippen molar-refractivity contribution in [1.29, 1.82) is 0 Å². The lowest BCUT2D eigenvalue weighted by Crippen LogP contribution is -2.55. The summed E-state index contributed by atoms with van der Waals surface area (Å²) in [5.74, 6) is 0.359. The first kappa shape index (κ1) is 16.1. The van der Waals surface area contributed by atoms with Gasteiger partial charge in [-0.3, -0.25) is 4.79 Å². The number of rotatable bonds is 5. The second-order valence-corrected chi connectivity index (χ2v) is 6.14. The molecular weight excluding hydrogens is 290 g/mol. The van der Waals surface area contributed by atoms with Crippen LogP contribution in [0.4, 0.5) is 0 Å². The van der Waals surface area contributed by atoms with Crippen LogP contribution in [0.5, 0.6) is 5.75 Å². The van der Waals surface area contributed by atoms with Gasteiger partial charge in [-0.05, 0) is 38.0 Å². The van der Waals surface area contributed by atoms with Gasteiger partial charge in [0.1, 0.15) is 5.75 Å². The molecule has 0 spiro atoms. The molecule has 5 heteroatoms. The molecule has 1 unspecified atom stereocenters. The number of carbonyl (C=O) groups excluding carboxylic acids is 1. The van der Waals surface area contributed by atoms with Gasteiger partial charge in [0.25, 0.3) is 5.91 Å². The SMILES string of the molecule is CC(Oc1cccc(Cl)c1)C(=O)NC1(CO)CCCCC1. The highest BCUT2D eigenvalue weighted by Crippen LogP contribution is 2.28. The molecule has 1 saturated carbocycles. The summed E-state index contributed by atoms with van der Waals surface area (Å²) in [4.78, 5) is 12.3. The van der Waals surface area contributed by atoms with Gasteiger partial charge in [-0.2, -0.15) is 0 Å². The monoisotopic (exact) mass is 311 g/mol. The van der Waals surface area contributed by atoms with Gasteiger partial charge in [0.15, 0.2) is 6.10 Å². The standard InChI is InChI=1S/C16H22ClNO3/c1-12(21-14-7-5-6-13(17)10-14)15(20)18-16(11-19)8-3-2-4-9-16/h5-7,10,12,19H,2-4,8-9,11H2,1H3,(H,18,20). The number of aliphatic hydroxyl groups excluding tert-OH is 1. The lowest BCUT2D eigenvalue weighted by Gasteiger charge is -2.37. The van der Waals surface area contributed by atoms with E-state index in [2.05, 4.69) is 5.32 Å². The summed E-state index contributed by atoms with van der Waals surface area (Å²) in [6, 6.07) is 6.96. The zero-order valence-electron chi connectivity index (χ0n) is 12.3. The Labute approximate surface area is 130 Å². The van der Waals surface area contributed by atoms with Crippen molar-refractivity contribution in [2.75, 3.05) is 6.61 Å². The van der Waals surface area contributed by atoms with Gasteiger partial charge >= 0.3 is 0 Å². The number of benzene rings is 1. The van der Waals surface area contributed by atoms with E-state index in [0.717, 1.165) is 32.1 Å². The summed E-state index contributed by atoms with van der Waals surface area (Å²) >= 11 is 5.89. The fraction of sp³-hybridized carbons (Fsp3) is 0.562. The number of halogens is 1. The summed E-state index contributed by atoms with van der Waals surface area (Å²) in [6.45, 7) is 1.67. The van der Waals surface area contributed by atoms with Crippen molar-refractivity contribution < 1.29 is 14.6 Å². The van der Waals surface area contributed by atoms with Crippen LogP contribution in [0.1, 0.15) is 39.0 Å². The summed E-state index contributed by atoms with van der Waals surface area (Å²) in [6.07, 6.45) is 4.23. The van der Waals surface area contributed by atoms with Crippen LogP contribution in [0.2, 0.25) is 5.02 Å². The summed E-state index contributed by atoms with van der Waals surface area (Å²) in [5, 5.41) is 13.2. The first-order chi connectivity index (χ1) is 10.0. The second-order valence-electron chi connectivity index (χ2n) is 5.71. The smallest absolute Gasteiger partial charge is 0.261 e. The third-order valence-electron chi connectivity index (χ3n) is 3.98. The van der Waals surface area contributed by atoms with Gasteiger partial charge in [-0.1, -0.05) is 36.9 Å². The molecule has 116 valence electrons. The first-order valence-corrected chi connectivity index (χ1v) is 7.78. The molecule has 0 aliphatic heterocycles. The van der Waals surface area contributed by atoms with Crippen LogP contribution in [-0.4, -0.2) is 29.3 Å². The first-order valence-electron chi connectivity index (χ1n) is 7.40. The van der Waals surface area contributed by atoms with Gasteiger partial charge < -0.3 is 15.2 Å². The second kappa shape index (κ2) is 7.14. The Morgan fingerprint density at radius 1 is 1.43 bits per heavy atom. The fourth-order valence-electron chi connectivity index (χ4n) is 2.71. The molecule has 1 atom stereocenters.